The molecule has 170 valence electrons. The van der Waals surface area contributed by atoms with Crippen LogP contribution < -0.4 is 0 Å². The van der Waals surface area contributed by atoms with E-state index in [1.165, 1.54) is 31.8 Å². The summed E-state index contributed by atoms with van der Waals surface area (Å²) in [4.78, 5) is 11.4. The molecule has 0 bridgehead atoms. The van der Waals surface area contributed by atoms with Crippen molar-refractivity contribution in [2.75, 3.05) is 0 Å². The minimum atomic E-state index is -0.734. The van der Waals surface area contributed by atoms with Gasteiger partial charge in [-0.15, -0.1) is 0 Å². The molecule has 0 aliphatic heterocycles. The number of hydrogen-bond donors (Lipinski definition) is 1. The predicted octanol–water partition coefficient (Wildman–Crippen LogP) is 6.75. The van der Waals surface area contributed by atoms with Crippen molar-refractivity contribution in [3.8, 4) is 0 Å². The molecule has 1 N–H and O–H groups in total. The molecule has 31 heavy (non-hydrogen) atoms. The molecule has 3 aliphatic rings. The number of ether oxygens (including phenoxy) is 1. The van der Waals surface area contributed by atoms with Crippen molar-refractivity contribution in [1.29, 1.82) is 0 Å². The van der Waals surface area contributed by atoms with E-state index in [9.17, 15) is 9.90 Å². The fourth-order valence-corrected chi connectivity index (χ4v) is 5.65. The van der Waals surface area contributed by atoms with Crippen LogP contribution in [0.4, 0.5) is 0 Å². The van der Waals surface area contributed by atoms with Crippen molar-refractivity contribution in [1.82, 2.24) is 0 Å². The van der Waals surface area contributed by atoms with Crippen LogP contribution in [0.15, 0.2) is 59.3 Å². The van der Waals surface area contributed by atoms with Gasteiger partial charge in [-0.3, -0.25) is 4.79 Å². The summed E-state index contributed by atoms with van der Waals surface area (Å²) < 4.78 is 5.46. The SMILES string of the molecule is C=C1/C(=C\C=C2/CCC[C@]3(C)C(CC/C=C/C(C)(C)O)=CCC23)CCC[C@@H]1OC(C)=O. The second-order valence-electron chi connectivity index (χ2n) is 10.3. The molecule has 0 heterocycles. The summed E-state index contributed by atoms with van der Waals surface area (Å²) in [6.07, 6.45) is 20.7. The van der Waals surface area contributed by atoms with Crippen LogP contribution in [0.2, 0.25) is 0 Å². The maximum Gasteiger partial charge on any atom is 0.303 e. The molecule has 3 heteroatoms. The van der Waals surface area contributed by atoms with Crippen molar-refractivity contribution in [3.63, 3.8) is 0 Å². The first-order chi connectivity index (χ1) is 14.6. The number of carbonyl (C=O) groups is 1. The Morgan fingerprint density at radius 1 is 1.32 bits per heavy atom. The largest absolute Gasteiger partial charge is 0.458 e. The normalized spacial score (nSPS) is 31.9. The first kappa shape index (κ1) is 23.8. The van der Waals surface area contributed by atoms with Gasteiger partial charge in [0.2, 0.25) is 0 Å². The van der Waals surface area contributed by atoms with Gasteiger partial charge in [-0.1, -0.05) is 55.0 Å². The van der Waals surface area contributed by atoms with Crippen molar-refractivity contribution in [3.05, 3.63) is 59.3 Å². The summed E-state index contributed by atoms with van der Waals surface area (Å²) in [5.74, 6) is 0.364. The first-order valence-electron chi connectivity index (χ1n) is 12.0. The van der Waals surface area contributed by atoms with E-state index in [4.69, 9.17) is 4.74 Å². The summed E-state index contributed by atoms with van der Waals surface area (Å²) in [7, 11) is 0. The Morgan fingerprint density at radius 2 is 2.10 bits per heavy atom. The molecule has 3 atom stereocenters. The monoisotopic (exact) mass is 424 g/mol. The zero-order valence-electron chi connectivity index (χ0n) is 19.9. The number of allylic oxidation sites excluding steroid dienone is 6. The van der Waals surface area contributed by atoms with Gasteiger partial charge in [-0.2, -0.15) is 0 Å². The minimum Gasteiger partial charge on any atom is -0.458 e. The second kappa shape index (κ2) is 9.73. The van der Waals surface area contributed by atoms with Crippen LogP contribution in [0.5, 0.6) is 0 Å². The van der Waals surface area contributed by atoms with E-state index >= 15 is 0 Å². The zero-order chi connectivity index (χ0) is 22.6. The summed E-state index contributed by atoms with van der Waals surface area (Å²) in [5, 5.41) is 9.88. The lowest BCUT2D eigenvalue weighted by Crippen LogP contribution is -2.30. The van der Waals surface area contributed by atoms with E-state index in [1.54, 1.807) is 11.1 Å². The average Bonchev–Trinajstić information content (AvgIpc) is 3.01. The van der Waals surface area contributed by atoms with Crippen molar-refractivity contribution in [2.24, 2.45) is 11.3 Å². The third-order valence-electron chi connectivity index (χ3n) is 7.34. The quantitative estimate of drug-likeness (QED) is 0.379. The van der Waals surface area contributed by atoms with E-state index in [0.29, 0.717) is 5.92 Å². The van der Waals surface area contributed by atoms with Crippen LogP contribution >= 0.6 is 0 Å². The van der Waals surface area contributed by atoms with Gasteiger partial charge in [0.1, 0.15) is 6.10 Å². The Bertz CT molecular complexity index is 818. The molecule has 0 saturated heterocycles. The maximum absolute atomic E-state index is 11.4. The number of hydrogen-bond acceptors (Lipinski definition) is 3. The molecule has 0 aromatic carbocycles. The fraction of sp³-hybridized carbons (Fsp3) is 0.607. The second-order valence-corrected chi connectivity index (χ2v) is 10.3. The van der Waals surface area contributed by atoms with Crippen molar-refractivity contribution in [2.45, 2.75) is 97.2 Å². The van der Waals surface area contributed by atoms with E-state index in [0.717, 1.165) is 44.1 Å². The highest BCUT2D eigenvalue weighted by Gasteiger charge is 2.44. The maximum atomic E-state index is 11.4. The Balaban J connectivity index is 1.68. The molecule has 0 spiro atoms. The summed E-state index contributed by atoms with van der Waals surface area (Å²) in [5.41, 5.74) is 4.88. The number of fused-ring (bicyclic) bond motifs is 1. The molecule has 0 amide bonds. The first-order valence-corrected chi connectivity index (χ1v) is 12.0. The molecule has 0 aromatic rings. The summed E-state index contributed by atoms with van der Waals surface area (Å²) in [6.45, 7) is 11.8. The van der Waals surface area contributed by atoms with Crippen molar-refractivity contribution >= 4 is 5.97 Å². The third kappa shape index (κ3) is 5.88. The Labute approximate surface area is 188 Å². The minimum absolute atomic E-state index is 0.163. The Morgan fingerprint density at radius 3 is 2.81 bits per heavy atom. The van der Waals surface area contributed by atoms with Gasteiger partial charge in [0.05, 0.1) is 5.60 Å². The van der Waals surface area contributed by atoms with E-state index < -0.39 is 5.60 Å². The molecule has 0 aromatic heterocycles. The molecule has 1 unspecified atom stereocenters. The molecule has 2 saturated carbocycles. The smallest absolute Gasteiger partial charge is 0.303 e. The molecular formula is C28H40O3. The summed E-state index contributed by atoms with van der Waals surface area (Å²) >= 11 is 0. The molecule has 3 aliphatic carbocycles. The standard InChI is InChI=1S/C28H40O3/c1-20-22(10-8-13-26(20)31-21(2)29)14-15-23-11-9-19-28(5)24(16-17-25(23)28)12-6-7-18-27(3,4)30/h7,14-16,18,25-26,30H,1,6,8-13,17,19H2,2-5H3/b18-7+,22-14-,23-15+/t25?,26-,28+/m0/s1. The van der Waals surface area contributed by atoms with Gasteiger partial charge in [-0.05, 0) is 94.1 Å². The molecular weight excluding hydrogens is 384 g/mol. The Kier molecular flexibility index (Phi) is 7.47. The lowest BCUT2D eigenvalue weighted by Gasteiger charge is -2.41. The average molecular weight is 425 g/mol. The highest BCUT2D eigenvalue weighted by molar-refractivity contribution is 5.66. The molecule has 3 nitrogen and oxygen atoms in total. The van der Waals surface area contributed by atoms with Crippen LogP contribution in [-0.4, -0.2) is 22.8 Å². The highest BCUT2D eigenvalue weighted by Crippen LogP contribution is 2.55. The van der Waals surface area contributed by atoms with Crippen LogP contribution in [0.3, 0.4) is 0 Å². The number of esters is 1. The van der Waals surface area contributed by atoms with E-state index in [1.807, 2.05) is 19.9 Å². The van der Waals surface area contributed by atoms with Crippen LogP contribution in [0.25, 0.3) is 0 Å². The molecule has 2 fully saturated rings. The van der Waals surface area contributed by atoms with Gasteiger partial charge in [0.15, 0.2) is 0 Å². The van der Waals surface area contributed by atoms with Crippen molar-refractivity contribution < 1.29 is 14.6 Å². The van der Waals surface area contributed by atoms with Gasteiger partial charge < -0.3 is 9.84 Å². The topological polar surface area (TPSA) is 46.5 Å². The van der Waals surface area contributed by atoms with E-state index in [2.05, 4.69) is 37.8 Å². The molecule has 0 radical (unpaired) electrons. The third-order valence-corrected chi connectivity index (χ3v) is 7.34. The van der Waals surface area contributed by atoms with Gasteiger partial charge >= 0.3 is 5.97 Å². The van der Waals surface area contributed by atoms with Gasteiger partial charge in [0.25, 0.3) is 0 Å². The summed E-state index contributed by atoms with van der Waals surface area (Å²) in [6, 6.07) is 0. The van der Waals surface area contributed by atoms with Crippen LogP contribution in [0.1, 0.15) is 85.5 Å². The lowest BCUT2D eigenvalue weighted by atomic mass is 9.63. The van der Waals surface area contributed by atoms with Crippen LogP contribution in [-0.2, 0) is 9.53 Å². The Hall–Kier alpha value is -1.87. The number of carbonyl (C=O) groups excluding carboxylic acids is 1. The highest BCUT2D eigenvalue weighted by atomic mass is 16.5. The van der Waals surface area contributed by atoms with Gasteiger partial charge in [-0.25, -0.2) is 0 Å². The van der Waals surface area contributed by atoms with Crippen LogP contribution in [0, 0.1) is 11.3 Å². The lowest BCUT2D eigenvalue weighted by molar-refractivity contribution is -0.145. The predicted molar refractivity (Wildman–Crippen MR) is 128 cm³/mol. The van der Waals surface area contributed by atoms with Gasteiger partial charge in [0, 0.05) is 6.92 Å². The number of aliphatic hydroxyl groups is 1. The molecule has 3 rings (SSSR count). The van der Waals surface area contributed by atoms with E-state index in [-0.39, 0.29) is 17.5 Å². The fourth-order valence-electron chi connectivity index (χ4n) is 5.65. The number of rotatable bonds is 6. The zero-order valence-corrected chi connectivity index (χ0v) is 19.9.